The van der Waals surface area contributed by atoms with Gasteiger partial charge in [-0.15, -0.1) is 11.3 Å². The highest BCUT2D eigenvalue weighted by Crippen LogP contribution is 2.41. The zero-order valence-electron chi connectivity index (χ0n) is 16.6. The number of rotatable bonds is 7. The lowest BCUT2D eigenvalue weighted by atomic mass is 9.97. The summed E-state index contributed by atoms with van der Waals surface area (Å²) in [6.07, 6.45) is 2.06. The fourth-order valence-electron chi connectivity index (χ4n) is 3.31. The number of benzene rings is 3. The number of ether oxygens (including phenoxy) is 1. The van der Waals surface area contributed by atoms with Crippen LogP contribution in [-0.2, 0) is 0 Å². The molecule has 0 aliphatic heterocycles. The van der Waals surface area contributed by atoms with Crippen molar-refractivity contribution in [1.82, 2.24) is 0 Å². The summed E-state index contributed by atoms with van der Waals surface area (Å²) >= 11 is 1.45. The van der Waals surface area contributed by atoms with Gasteiger partial charge in [-0.1, -0.05) is 13.3 Å². The normalized spacial score (nSPS) is 11.0. The molecule has 0 aliphatic rings. The van der Waals surface area contributed by atoms with Crippen molar-refractivity contribution in [3.05, 3.63) is 77.9 Å². The predicted octanol–water partition coefficient (Wildman–Crippen LogP) is 6.39. The summed E-state index contributed by atoms with van der Waals surface area (Å²) in [5.74, 6) is 0.992. The predicted molar refractivity (Wildman–Crippen MR) is 121 cm³/mol. The maximum atomic E-state index is 13.5. The Hall–Kier alpha value is -3.31. The van der Waals surface area contributed by atoms with Gasteiger partial charge in [0.2, 0.25) is 0 Å². The largest absolute Gasteiger partial charge is 0.508 e. The van der Waals surface area contributed by atoms with Crippen molar-refractivity contribution >= 4 is 27.2 Å². The Morgan fingerprint density at radius 3 is 2.33 bits per heavy atom. The fourth-order valence-corrected chi connectivity index (χ4v) is 4.55. The van der Waals surface area contributed by atoms with Gasteiger partial charge in [-0.25, -0.2) is 0 Å². The number of thiophene rings is 1. The minimum Gasteiger partial charge on any atom is -0.508 e. The topological polar surface area (TPSA) is 66.8 Å². The molecule has 4 aromatic rings. The van der Waals surface area contributed by atoms with Crippen LogP contribution in [0.3, 0.4) is 0 Å². The molecule has 1 heterocycles. The van der Waals surface area contributed by atoms with Gasteiger partial charge in [-0.3, -0.25) is 4.79 Å². The Balaban J connectivity index is 1.76. The van der Waals surface area contributed by atoms with Crippen LogP contribution in [0.15, 0.2) is 66.7 Å². The van der Waals surface area contributed by atoms with Gasteiger partial charge >= 0.3 is 0 Å². The van der Waals surface area contributed by atoms with Gasteiger partial charge in [-0.2, -0.15) is 0 Å². The van der Waals surface area contributed by atoms with E-state index in [-0.39, 0.29) is 17.3 Å². The van der Waals surface area contributed by atoms with E-state index in [4.69, 9.17) is 4.74 Å². The Bertz CT molecular complexity index is 1170. The lowest BCUT2D eigenvalue weighted by Gasteiger charge is -2.08. The van der Waals surface area contributed by atoms with Crippen molar-refractivity contribution in [2.75, 3.05) is 6.61 Å². The molecule has 4 rings (SSSR count). The highest BCUT2D eigenvalue weighted by Gasteiger charge is 2.22. The summed E-state index contributed by atoms with van der Waals surface area (Å²) in [4.78, 5) is 14.3. The fraction of sp³-hybridized carbons (Fsp3) is 0.160. The zero-order chi connectivity index (χ0) is 21.1. The van der Waals surface area contributed by atoms with E-state index in [2.05, 4.69) is 6.92 Å². The standard InChI is InChI=1S/C25H22O4S/c1-2-3-14-29-20-11-6-16(7-12-20)24(28)23-21-13-10-19(27)15-22(21)30-25(23)17-4-8-18(26)9-5-17/h4-13,15,26-27H,2-3,14H2,1H3. The minimum atomic E-state index is -0.0878. The number of carbonyl (C=O) groups is 1. The van der Waals surface area contributed by atoms with E-state index in [0.29, 0.717) is 17.7 Å². The van der Waals surface area contributed by atoms with Gasteiger partial charge in [0.25, 0.3) is 0 Å². The molecule has 0 bridgehead atoms. The van der Waals surface area contributed by atoms with Crippen LogP contribution in [0.4, 0.5) is 0 Å². The summed E-state index contributed by atoms with van der Waals surface area (Å²) in [5.41, 5.74) is 2.02. The average molecular weight is 419 g/mol. The lowest BCUT2D eigenvalue weighted by molar-refractivity contribution is 0.104. The number of fused-ring (bicyclic) bond motifs is 1. The van der Waals surface area contributed by atoms with Gasteiger partial charge < -0.3 is 14.9 Å². The van der Waals surface area contributed by atoms with Gasteiger partial charge in [-0.05, 0) is 78.7 Å². The number of phenols is 2. The molecule has 0 aliphatic carbocycles. The van der Waals surface area contributed by atoms with Gasteiger partial charge in [0.15, 0.2) is 5.78 Å². The molecule has 152 valence electrons. The molecule has 5 heteroatoms. The third kappa shape index (κ3) is 4.02. The first-order chi connectivity index (χ1) is 14.6. The molecule has 0 radical (unpaired) electrons. The van der Waals surface area contributed by atoms with Crippen LogP contribution in [0.2, 0.25) is 0 Å². The number of unbranched alkanes of at least 4 members (excludes halogenated alkanes) is 1. The van der Waals surface area contributed by atoms with Crippen molar-refractivity contribution in [3.63, 3.8) is 0 Å². The molecule has 0 amide bonds. The Morgan fingerprint density at radius 2 is 1.63 bits per heavy atom. The molecule has 1 aromatic heterocycles. The summed E-state index contributed by atoms with van der Waals surface area (Å²) in [7, 11) is 0. The summed E-state index contributed by atoms with van der Waals surface area (Å²) in [6.45, 7) is 2.77. The number of aromatic hydroxyl groups is 2. The van der Waals surface area contributed by atoms with Crippen molar-refractivity contribution in [2.24, 2.45) is 0 Å². The molecule has 4 nitrogen and oxygen atoms in total. The van der Waals surface area contributed by atoms with E-state index in [1.54, 1.807) is 54.6 Å². The number of hydrogen-bond acceptors (Lipinski definition) is 5. The van der Waals surface area contributed by atoms with E-state index in [0.717, 1.165) is 39.1 Å². The van der Waals surface area contributed by atoms with Crippen LogP contribution in [0.5, 0.6) is 17.2 Å². The van der Waals surface area contributed by atoms with Crippen LogP contribution < -0.4 is 4.74 Å². The number of carbonyl (C=O) groups excluding carboxylic acids is 1. The first-order valence-corrected chi connectivity index (χ1v) is 10.7. The maximum absolute atomic E-state index is 13.5. The Kier molecular flexibility index (Phi) is 5.72. The average Bonchev–Trinajstić information content (AvgIpc) is 3.13. The van der Waals surface area contributed by atoms with Crippen LogP contribution in [0.25, 0.3) is 20.5 Å². The Labute approximate surface area is 179 Å². The van der Waals surface area contributed by atoms with Crippen LogP contribution >= 0.6 is 11.3 Å². The summed E-state index contributed by atoms with van der Waals surface area (Å²) in [6, 6.07) is 19.1. The number of hydrogen-bond donors (Lipinski definition) is 2. The molecule has 3 aromatic carbocycles. The molecule has 0 fully saturated rings. The van der Waals surface area contributed by atoms with Gasteiger partial charge in [0.05, 0.1) is 6.61 Å². The first kappa shape index (κ1) is 20.0. The van der Waals surface area contributed by atoms with E-state index in [1.165, 1.54) is 11.3 Å². The number of phenolic OH excluding ortho intramolecular Hbond substituents is 2. The van der Waals surface area contributed by atoms with Crippen molar-refractivity contribution in [3.8, 4) is 27.7 Å². The molecule has 0 spiro atoms. The zero-order valence-corrected chi connectivity index (χ0v) is 17.4. The van der Waals surface area contributed by atoms with E-state index >= 15 is 0 Å². The third-order valence-corrected chi connectivity index (χ3v) is 6.11. The molecular formula is C25H22O4S. The van der Waals surface area contributed by atoms with E-state index in [9.17, 15) is 15.0 Å². The van der Waals surface area contributed by atoms with Crippen molar-refractivity contribution < 1.29 is 19.7 Å². The first-order valence-electron chi connectivity index (χ1n) is 9.89. The highest BCUT2D eigenvalue weighted by molar-refractivity contribution is 7.22. The van der Waals surface area contributed by atoms with Gasteiger partial charge in [0.1, 0.15) is 17.2 Å². The second kappa shape index (κ2) is 8.59. The maximum Gasteiger partial charge on any atom is 0.195 e. The van der Waals surface area contributed by atoms with Crippen molar-refractivity contribution in [1.29, 1.82) is 0 Å². The molecule has 30 heavy (non-hydrogen) atoms. The highest BCUT2D eigenvalue weighted by atomic mass is 32.1. The molecule has 0 saturated heterocycles. The van der Waals surface area contributed by atoms with E-state index in [1.807, 2.05) is 12.1 Å². The van der Waals surface area contributed by atoms with Crippen LogP contribution in [-0.4, -0.2) is 22.6 Å². The Morgan fingerprint density at radius 1 is 0.933 bits per heavy atom. The smallest absolute Gasteiger partial charge is 0.195 e. The second-order valence-electron chi connectivity index (χ2n) is 7.09. The van der Waals surface area contributed by atoms with Crippen LogP contribution in [0.1, 0.15) is 35.7 Å². The third-order valence-electron chi connectivity index (χ3n) is 4.91. The molecule has 0 atom stereocenters. The molecule has 2 N–H and O–H groups in total. The molecular weight excluding hydrogens is 396 g/mol. The number of ketones is 1. The van der Waals surface area contributed by atoms with E-state index < -0.39 is 0 Å². The molecule has 0 unspecified atom stereocenters. The summed E-state index contributed by atoms with van der Waals surface area (Å²) in [5, 5.41) is 20.3. The lowest BCUT2D eigenvalue weighted by Crippen LogP contribution is -2.03. The molecule has 0 saturated carbocycles. The SMILES string of the molecule is CCCCOc1ccc(C(=O)c2c(-c3ccc(O)cc3)sc3cc(O)ccc23)cc1. The second-order valence-corrected chi connectivity index (χ2v) is 8.14. The van der Waals surface area contributed by atoms with Gasteiger partial charge in [0, 0.05) is 26.1 Å². The summed E-state index contributed by atoms with van der Waals surface area (Å²) < 4.78 is 6.53. The van der Waals surface area contributed by atoms with Crippen LogP contribution in [0, 0.1) is 0 Å². The quantitative estimate of drug-likeness (QED) is 0.270. The minimum absolute atomic E-state index is 0.0878. The monoisotopic (exact) mass is 418 g/mol. The van der Waals surface area contributed by atoms with Crippen molar-refractivity contribution in [2.45, 2.75) is 19.8 Å².